The van der Waals surface area contributed by atoms with E-state index in [-0.39, 0.29) is 0 Å². The van der Waals surface area contributed by atoms with Crippen LogP contribution in [0.15, 0.2) is 12.1 Å². The Kier molecular flexibility index (Phi) is 5.63. The first-order chi connectivity index (χ1) is 8.71. The van der Waals surface area contributed by atoms with Crippen molar-refractivity contribution < 1.29 is 4.74 Å². The second-order valence-corrected chi connectivity index (χ2v) is 3.86. The lowest BCUT2D eigenvalue weighted by Gasteiger charge is -2.22. The predicted octanol–water partition coefficient (Wildman–Crippen LogP) is 1.63. The monoisotopic (exact) mass is 244 g/mol. The molecule has 94 valence electrons. The Morgan fingerprint density at radius 3 is 2.72 bits per heavy atom. The van der Waals surface area contributed by atoms with Crippen LogP contribution in [0.25, 0.3) is 0 Å². The first kappa shape index (κ1) is 14.0. The van der Waals surface area contributed by atoms with Crippen LogP contribution in [0.1, 0.15) is 17.7 Å². The summed E-state index contributed by atoms with van der Waals surface area (Å²) in [5.41, 5.74) is 1.38. The van der Waals surface area contributed by atoms with E-state index >= 15 is 0 Å². The molecule has 0 saturated carbocycles. The zero-order chi connectivity index (χ0) is 13.4. The topological polar surface area (TPSA) is 72.9 Å². The number of hydrogen-bond acceptors (Lipinski definition) is 5. The Balaban J connectivity index is 2.93. The van der Waals surface area contributed by atoms with E-state index in [0.717, 1.165) is 11.5 Å². The van der Waals surface area contributed by atoms with Crippen molar-refractivity contribution >= 4 is 5.82 Å². The van der Waals surface area contributed by atoms with E-state index in [9.17, 15) is 0 Å². The number of pyridine rings is 1. The maximum atomic E-state index is 8.95. The SMILES string of the molecule is COCCN(CCC#N)c1cc(C#N)cc(C)n1. The summed E-state index contributed by atoms with van der Waals surface area (Å²) in [5, 5.41) is 17.6. The molecule has 0 aromatic carbocycles. The van der Waals surface area contributed by atoms with E-state index in [1.165, 1.54) is 0 Å². The third-order valence-corrected chi connectivity index (χ3v) is 2.45. The second kappa shape index (κ2) is 7.26. The molecule has 0 radical (unpaired) electrons. The molecular formula is C13H16N4O. The van der Waals surface area contributed by atoms with Crippen LogP contribution < -0.4 is 4.90 Å². The number of nitrogens with zero attached hydrogens (tertiary/aromatic N) is 4. The molecule has 0 aliphatic carbocycles. The van der Waals surface area contributed by atoms with Gasteiger partial charge >= 0.3 is 0 Å². The van der Waals surface area contributed by atoms with Gasteiger partial charge in [-0.1, -0.05) is 0 Å². The van der Waals surface area contributed by atoms with Crippen LogP contribution in [-0.2, 0) is 4.74 Å². The van der Waals surface area contributed by atoms with Gasteiger partial charge < -0.3 is 9.64 Å². The number of aromatic nitrogens is 1. The molecule has 0 atom stereocenters. The number of nitriles is 2. The molecule has 0 bridgehead atoms. The van der Waals surface area contributed by atoms with Crippen molar-refractivity contribution in [3.05, 3.63) is 23.4 Å². The highest BCUT2D eigenvalue weighted by Gasteiger charge is 2.09. The van der Waals surface area contributed by atoms with Crippen LogP contribution in [0.5, 0.6) is 0 Å². The van der Waals surface area contributed by atoms with Crippen molar-refractivity contribution in [2.75, 3.05) is 31.7 Å². The molecule has 0 N–H and O–H groups in total. The predicted molar refractivity (Wildman–Crippen MR) is 68.0 cm³/mol. The summed E-state index contributed by atoms with van der Waals surface area (Å²) in [6.07, 6.45) is 0.418. The van der Waals surface area contributed by atoms with Crippen LogP contribution >= 0.6 is 0 Å². The molecule has 1 aromatic heterocycles. The van der Waals surface area contributed by atoms with Gasteiger partial charge in [-0.25, -0.2) is 4.98 Å². The molecule has 0 aliphatic rings. The maximum Gasteiger partial charge on any atom is 0.130 e. The first-order valence-electron chi connectivity index (χ1n) is 5.71. The summed E-state index contributed by atoms with van der Waals surface area (Å²) in [6.45, 7) is 3.65. The molecule has 0 spiro atoms. The molecule has 0 aliphatic heterocycles. The van der Waals surface area contributed by atoms with Crippen molar-refractivity contribution in [1.82, 2.24) is 4.98 Å². The van der Waals surface area contributed by atoms with E-state index in [1.807, 2.05) is 11.8 Å². The lowest BCUT2D eigenvalue weighted by molar-refractivity contribution is 0.205. The third kappa shape index (κ3) is 4.04. The highest BCUT2D eigenvalue weighted by Crippen LogP contribution is 2.14. The van der Waals surface area contributed by atoms with E-state index in [1.54, 1.807) is 19.2 Å². The van der Waals surface area contributed by atoms with Gasteiger partial charge in [-0.3, -0.25) is 0 Å². The molecule has 1 heterocycles. The van der Waals surface area contributed by atoms with Gasteiger partial charge in [0.05, 0.1) is 30.7 Å². The standard InChI is InChI=1S/C13H16N4O/c1-11-8-12(10-15)9-13(16-11)17(5-3-4-14)6-7-18-2/h8-9H,3,5-7H2,1-2H3. The summed E-state index contributed by atoms with van der Waals surface area (Å²) in [4.78, 5) is 6.36. The Bertz CT molecular complexity index is 473. The number of methoxy groups -OCH3 is 1. The first-order valence-corrected chi connectivity index (χ1v) is 5.71. The Hall–Kier alpha value is -2.11. The van der Waals surface area contributed by atoms with Gasteiger partial charge in [0.15, 0.2) is 0 Å². The lowest BCUT2D eigenvalue weighted by atomic mass is 10.2. The molecular weight excluding hydrogens is 228 g/mol. The van der Waals surface area contributed by atoms with E-state index in [4.69, 9.17) is 15.3 Å². The van der Waals surface area contributed by atoms with Crippen molar-refractivity contribution in [3.8, 4) is 12.1 Å². The molecule has 0 unspecified atom stereocenters. The fourth-order valence-electron chi connectivity index (χ4n) is 1.60. The number of hydrogen-bond donors (Lipinski definition) is 0. The summed E-state index contributed by atoms with van der Waals surface area (Å²) in [6, 6.07) is 7.70. The van der Waals surface area contributed by atoms with Crippen LogP contribution in [0.4, 0.5) is 5.82 Å². The molecule has 1 aromatic rings. The van der Waals surface area contributed by atoms with Gasteiger partial charge in [0.2, 0.25) is 0 Å². The van der Waals surface area contributed by atoms with Crippen LogP contribution in [0.2, 0.25) is 0 Å². The fraction of sp³-hybridized carbons (Fsp3) is 0.462. The van der Waals surface area contributed by atoms with E-state index in [0.29, 0.717) is 31.7 Å². The van der Waals surface area contributed by atoms with Gasteiger partial charge in [-0.2, -0.15) is 10.5 Å². The lowest BCUT2D eigenvalue weighted by Crippen LogP contribution is -2.29. The van der Waals surface area contributed by atoms with Gasteiger partial charge in [0, 0.05) is 25.9 Å². The van der Waals surface area contributed by atoms with Crippen molar-refractivity contribution in [3.63, 3.8) is 0 Å². The van der Waals surface area contributed by atoms with Crippen LogP contribution in [0, 0.1) is 29.6 Å². The zero-order valence-corrected chi connectivity index (χ0v) is 10.7. The van der Waals surface area contributed by atoms with Crippen LogP contribution in [-0.4, -0.2) is 31.8 Å². The summed E-state index contributed by atoms with van der Waals surface area (Å²) in [5.74, 6) is 0.721. The molecule has 5 heteroatoms. The van der Waals surface area contributed by atoms with Gasteiger partial charge in [-0.15, -0.1) is 0 Å². The highest BCUT2D eigenvalue weighted by molar-refractivity contribution is 5.46. The number of aryl methyl sites for hydroxylation is 1. The molecule has 5 nitrogen and oxygen atoms in total. The van der Waals surface area contributed by atoms with Crippen molar-refractivity contribution in [1.29, 1.82) is 10.5 Å². The number of anilines is 1. The summed E-state index contributed by atoms with van der Waals surface area (Å²) in [7, 11) is 1.63. The molecule has 1 rings (SSSR count). The van der Waals surface area contributed by atoms with E-state index < -0.39 is 0 Å². The van der Waals surface area contributed by atoms with Gasteiger partial charge in [0.1, 0.15) is 5.82 Å². The fourth-order valence-corrected chi connectivity index (χ4v) is 1.60. The maximum absolute atomic E-state index is 8.95. The summed E-state index contributed by atoms with van der Waals surface area (Å²) >= 11 is 0. The van der Waals surface area contributed by atoms with Gasteiger partial charge in [-0.05, 0) is 19.1 Å². The minimum absolute atomic E-state index is 0.418. The largest absolute Gasteiger partial charge is 0.383 e. The van der Waals surface area contributed by atoms with Crippen molar-refractivity contribution in [2.24, 2.45) is 0 Å². The highest BCUT2D eigenvalue weighted by atomic mass is 16.5. The average Bonchev–Trinajstić information content (AvgIpc) is 2.38. The number of rotatable bonds is 6. The number of ether oxygens (including phenoxy) is 1. The van der Waals surface area contributed by atoms with E-state index in [2.05, 4.69) is 17.1 Å². The quantitative estimate of drug-likeness (QED) is 0.760. The molecule has 0 saturated heterocycles. The Morgan fingerprint density at radius 2 is 2.11 bits per heavy atom. The smallest absolute Gasteiger partial charge is 0.130 e. The average molecular weight is 244 g/mol. The minimum atomic E-state index is 0.418. The second-order valence-electron chi connectivity index (χ2n) is 3.86. The van der Waals surface area contributed by atoms with Crippen molar-refractivity contribution in [2.45, 2.75) is 13.3 Å². The zero-order valence-electron chi connectivity index (χ0n) is 10.7. The minimum Gasteiger partial charge on any atom is -0.383 e. The molecule has 0 amide bonds. The Morgan fingerprint density at radius 1 is 1.33 bits per heavy atom. The normalized spacial score (nSPS) is 9.56. The molecule has 18 heavy (non-hydrogen) atoms. The summed E-state index contributed by atoms with van der Waals surface area (Å²) < 4.78 is 5.04. The third-order valence-electron chi connectivity index (χ3n) is 2.45. The molecule has 0 fully saturated rings. The Labute approximate surface area is 107 Å². The van der Waals surface area contributed by atoms with Gasteiger partial charge in [0.25, 0.3) is 0 Å². The van der Waals surface area contributed by atoms with Crippen LogP contribution in [0.3, 0.4) is 0 Å².